The van der Waals surface area contributed by atoms with Crippen LogP contribution in [0.2, 0.25) is 0 Å². The Bertz CT molecular complexity index is 509. The summed E-state index contributed by atoms with van der Waals surface area (Å²) in [6.45, 7) is 0. The molecule has 90 valence electrons. The highest BCUT2D eigenvalue weighted by Gasteiger charge is 2.01. The van der Waals surface area contributed by atoms with Crippen LogP contribution in [-0.4, -0.2) is 21.9 Å². The van der Waals surface area contributed by atoms with Crippen LogP contribution in [0.5, 0.6) is 0 Å². The van der Waals surface area contributed by atoms with Gasteiger partial charge in [0.15, 0.2) is 0 Å². The summed E-state index contributed by atoms with van der Waals surface area (Å²) in [6, 6.07) is 17.4. The summed E-state index contributed by atoms with van der Waals surface area (Å²) in [5.74, 6) is 0. The molecule has 0 spiro atoms. The Morgan fingerprint density at radius 3 is 1.28 bits per heavy atom. The summed E-state index contributed by atoms with van der Waals surface area (Å²) >= 11 is 0. The predicted molar refractivity (Wildman–Crippen MR) is 71.6 cm³/mol. The SMILES string of the molecule is [O-]/[N+](=C\C=[N+](/[O-])c1ccccc1)c1ccccc1. The minimum absolute atomic E-state index is 0.482. The molecule has 0 atom stereocenters. The van der Waals surface area contributed by atoms with E-state index in [9.17, 15) is 10.4 Å². The Balaban J connectivity index is 2.20. The topological polar surface area (TPSA) is 52.1 Å². The van der Waals surface area contributed by atoms with Gasteiger partial charge in [-0.05, 0) is 0 Å². The molecule has 0 unspecified atom stereocenters. The number of hydrogen-bond acceptors (Lipinski definition) is 2. The molecule has 4 nitrogen and oxygen atoms in total. The van der Waals surface area contributed by atoms with Crippen LogP contribution in [0.1, 0.15) is 0 Å². The molecule has 0 N–H and O–H groups in total. The van der Waals surface area contributed by atoms with Crippen LogP contribution >= 0.6 is 0 Å². The molecule has 0 saturated carbocycles. The van der Waals surface area contributed by atoms with Crippen molar-refractivity contribution in [3.8, 4) is 0 Å². The Morgan fingerprint density at radius 2 is 0.944 bits per heavy atom. The molecule has 0 aromatic heterocycles. The van der Waals surface area contributed by atoms with Crippen molar-refractivity contribution in [2.24, 2.45) is 0 Å². The van der Waals surface area contributed by atoms with E-state index >= 15 is 0 Å². The average molecular weight is 240 g/mol. The van der Waals surface area contributed by atoms with E-state index in [0.717, 1.165) is 0 Å². The lowest BCUT2D eigenvalue weighted by Crippen LogP contribution is -2.04. The van der Waals surface area contributed by atoms with Gasteiger partial charge in [-0.3, -0.25) is 0 Å². The minimum atomic E-state index is 0.482. The number of rotatable bonds is 3. The number of benzene rings is 2. The lowest BCUT2D eigenvalue weighted by Gasteiger charge is -2.02. The van der Waals surface area contributed by atoms with Gasteiger partial charge in [-0.25, -0.2) is 0 Å². The van der Waals surface area contributed by atoms with E-state index in [1.165, 1.54) is 12.4 Å². The maximum atomic E-state index is 11.6. The highest BCUT2D eigenvalue weighted by Crippen LogP contribution is 2.09. The number of para-hydroxylation sites is 2. The standard InChI is InChI=1S/C14H12N2O2/c17-15(13-7-3-1-4-8-13)11-12-16(18)14-9-5-2-6-10-14/h1-12H/b15-11-,16-12-. The zero-order valence-corrected chi connectivity index (χ0v) is 9.64. The molecule has 0 radical (unpaired) electrons. The van der Waals surface area contributed by atoms with Crippen molar-refractivity contribution in [3.05, 3.63) is 71.1 Å². The van der Waals surface area contributed by atoms with E-state index in [1.54, 1.807) is 48.5 Å². The summed E-state index contributed by atoms with van der Waals surface area (Å²) in [6.07, 6.45) is 2.38. The Morgan fingerprint density at radius 1 is 0.611 bits per heavy atom. The zero-order chi connectivity index (χ0) is 12.8. The lowest BCUT2D eigenvalue weighted by molar-refractivity contribution is -0.368. The first-order valence-corrected chi connectivity index (χ1v) is 5.48. The molecular weight excluding hydrogens is 228 g/mol. The number of hydrogen-bond donors (Lipinski definition) is 0. The van der Waals surface area contributed by atoms with Crippen LogP contribution < -0.4 is 0 Å². The fourth-order valence-electron chi connectivity index (χ4n) is 1.44. The normalized spacial score (nSPS) is 12.4. The van der Waals surface area contributed by atoms with E-state index in [0.29, 0.717) is 20.9 Å². The fourth-order valence-corrected chi connectivity index (χ4v) is 1.44. The van der Waals surface area contributed by atoms with Crippen molar-refractivity contribution in [1.29, 1.82) is 0 Å². The second kappa shape index (κ2) is 5.63. The van der Waals surface area contributed by atoms with Crippen molar-refractivity contribution in [1.82, 2.24) is 0 Å². The molecule has 4 heteroatoms. The van der Waals surface area contributed by atoms with Gasteiger partial charge in [-0.1, -0.05) is 36.4 Å². The molecule has 2 aromatic carbocycles. The molecule has 0 aliphatic carbocycles. The van der Waals surface area contributed by atoms with E-state index in [2.05, 4.69) is 0 Å². The van der Waals surface area contributed by atoms with Crippen LogP contribution in [0.3, 0.4) is 0 Å². The van der Waals surface area contributed by atoms with Crippen molar-refractivity contribution < 1.29 is 9.48 Å². The quantitative estimate of drug-likeness (QED) is 0.358. The van der Waals surface area contributed by atoms with Gasteiger partial charge in [0.2, 0.25) is 23.8 Å². The van der Waals surface area contributed by atoms with Crippen molar-refractivity contribution in [2.45, 2.75) is 0 Å². The third-order valence-corrected chi connectivity index (χ3v) is 2.36. The summed E-state index contributed by atoms with van der Waals surface area (Å²) < 4.78 is 1.29. The summed E-state index contributed by atoms with van der Waals surface area (Å²) in [4.78, 5) is 0. The predicted octanol–water partition coefficient (Wildman–Crippen LogP) is 2.81. The molecule has 0 heterocycles. The third-order valence-electron chi connectivity index (χ3n) is 2.36. The average Bonchev–Trinajstić information content (AvgIpc) is 2.46. The van der Waals surface area contributed by atoms with Gasteiger partial charge in [0.25, 0.3) is 0 Å². The van der Waals surface area contributed by atoms with Crippen molar-refractivity contribution >= 4 is 23.8 Å². The van der Waals surface area contributed by atoms with Crippen LogP contribution in [-0.2, 0) is 0 Å². The minimum Gasteiger partial charge on any atom is -0.618 e. The molecule has 0 aliphatic heterocycles. The molecular formula is C14H12N2O2. The molecule has 0 saturated heterocycles. The maximum Gasteiger partial charge on any atom is 0.246 e. The first kappa shape index (κ1) is 11.9. The van der Waals surface area contributed by atoms with Gasteiger partial charge < -0.3 is 10.4 Å². The second-order valence-electron chi connectivity index (χ2n) is 3.62. The summed E-state index contributed by atoms with van der Waals surface area (Å²) in [5.41, 5.74) is 0.963. The maximum absolute atomic E-state index is 11.6. The summed E-state index contributed by atoms with van der Waals surface area (Å²) in [5, 5.41) is 23.3. The smallest absolute Gasteiger partial charge is 0.246 e. The zero-order valence-electron chi connectivity index (χ0n) is 9.64. The molecule has 18 heavy (non-hydrogen) atoms. The molecule has 2 rings (SSSR count). The van der Waals surface area contributed by atoms with Gasteiger partial charge in [0.05, 0.1) is 0 Å². The van der Waals surface area contributed by atoms with Gasteiger partial charge in [-0.15, -0.1) is 0 Å². The van der Waals surface area contributed by atoms with E-state index in [1.807, 2.05) is 12.1 Å². The third kappa shape index (κ3) is 2.95. The molecule has 0 aliphatic rings. The largest absolute Gasteiger partial charge is 0.618 e. The van der Waals surface area contributed by atoms with Gasteiger partial charge in [0, 0.05) is 24.3 Å². The Kier molecular flexibility index (Phi) is 3.71. The Hall–Kier alpha value is -2.62. The molecule has 0 amide bonds. The molecule has 2 aromatic rings. The fraction of sp³-hybridized carbons (Fsp3) is 0. The van der Waals surface area contributed by atoms with E-state index < -0.39 is 0 Å². The highest BCUT2D eigenvalue weighted by atomic mass is 16.5. The Labute approximate surface area is 105 Å². The molecule has 0 fully saturated rings. The summed E-state index contributed by atoms with van der Waals surface area (Å²) in [7, 11) is 0. The lowest BCUT2D eigenvalue weighted by atomic mass is 10.3. The van der Waals surface area contributed by atoms with E-state index in [4.69, 9.17) is 0 Å². The first-order chi connectivity index (χ1) is 8.77. The van der Waals surface area contributed by atoms with Crippen molar-refractivity contribution in [3.63, 3.8) is 0 Å². The number of nitrogens with zero attached hydrogens (tertiary/aromatic N) is 2. The van der Waals surface area contributed by atoms with Crippen LogP contribution in [0.15, 0.2) is 60.7 Å². The first-order valence-electron chi connectivity index (χ1n) is 5.48. The van der Waals surface area contributed by atoms with Gasteiger partial charge >= 0.3 is 0 Å². The monoisotopic (exact) mass is 240 g/mol. The van der Waals surface area contributed by atoms with Gasteiger partial charge in [0.1, 0.15) is 0 Å². The van der Waals surface area contributed by atoms with E-state index in [-0.39, 0.29) is 0 Å². The highest BCUT2D eigenvalue weighted by molar-refractivity contribution is 6.11. The van der Waals surface area contributed by atoms with Crippen LogP contribution in [0.25, 0.3) is 0 Å². The molecule has 0 bridgehead atoms. The van der Waals surface area contributed by atoms with Crippen molar-refractivity contribution in [2.75, 3.05) is 0 Å². The second-order valence-corrected chi connectivity index (χ2v) is 3.62. The van der Waals surface area contributed by atoms with Crippen LogP contribution in [0.4, 0.5) is 11.4 Å². The van der Waals surface area contributed by atoms with Gasteiger partial charge in [-0.2, -0.15) is 9.48 Å². The van der Waals surface area contributed by atoms with Crippen LogP contribution in [0, 0.1) is 10.4 Å².